The van der Waals surface area contributed by atoms with Crippen molar-refractivity contribution in [3.05, 3.63) is 75.7 Å². The normalized spacial score (nSPS) is 25.4. The minimum absolute atomic E-state index is 0.0892. The summed E-state index contributed by atoms with van der Waals surface area (Å²) in [4.78, 5) is 41.1. The number of fused-ring (bicyclic) bond motifs is 2. The van der Waals surface area contributed by atoms with E-state index in [0.717, 1.165) is 5.56 Å². The highest BCUT2D eigenvalue weighted by molar-refractivity contribution is 5.99. The lowest BCUT2D eigenvalue weighted by Gasteiger charge is -2.44. The summed E-state index contributed by atoms with van der Waals surface area (Å²) in [5.41, 5.74) is -0.105. The van der Waals surface area contributed by atoms with Gasteiger partial charge < -0.3 is 18.9 Å². The molecule has 7 nitrogen and oxygen atoms in total. The summed E-state index contributed by atoms with van der Waals surface area (Å²) in [5.74, 6) is -0.471. The second-order valence-electron chi connectivity index (χ2n) is 8.39. The number of rotatable bonds is 5. The van der Waals surface area contributed by atoms with Crippen LogP contribution in [0.2, 0.25) is 0 Å². The van der Waals surface area contributed by atoms with Gasteiger partial charge in [0.15, 0.2) is 11.4 Å². The molecule has 3 atom stereocenters. The Kier molecular flexibility index (Phi) is 4.50. The summed E-state index contributed by atoms with van der Waals surface area (Å²) in [7, 11) is 0. The van der Waals surface area contributed by atoms with Crippen molar-refractivity contribution in [2.45, 2.75) is 32.5 Å². The molecule has 3 heterocycles. The Morgan fingerprint density at radius 1 is 1.23 bits per heavy atom. The van der Waals surface area contributed by atoms with E-state index in [-0.39, 0.29) is 42.0 Å². The predicted molar refractivity (Wildman–Crippen MR) is 113 cm³/mol. The Morgan fingerprint density at radius 3 is 2.71 bits per heavy atom. The first-order valence-corrected chi connectivity index (χ1v) is 10.6. The fourth-order valence-corrected chi connectivity index (χ4v) is 5.07. The second-order valence-corrected chi connectivity index (χ2v) is 8.39. The van der Waals surface area contributed by atoms with Gasteiger partial charge in [0.05, 0.1) is 18.7 Å². The van der Waals surface area contributed by atoms with Gasteiger partial charge in [-0.3, -0.25) is 9.59 Å². The molecule has 2 bridgehead atoms. The summed E-state index contributed by atoms with van der Waals surface area (Å²) >= 11 is 0. The van der Waals surface area contributed by atoms with E-state index in [1.54, 1.807) is 11.5 Å². The Bertz CT molecular complexity index is 1150. The first-order valence-electron chi connectivity index (χ1n) is 10.6. The molecule has 2 aromatic rings. The number of pyridine rings is 1. The molecule has 2 aliphatic heterocycles. The van der Waals surface area contributed by atoms with Crippen LogP contribution in [0.25, 0.3) is 0 Å². The molecule has 160 valence electrons. The Balaban J connectivity index is 1.63. The zero-order chi connectivity index (χ0) is 21.8. The van der Waals surface area contributed by atoms with Crippen LogP contribution in [0, 0.1) is 11.8 Å². The molecule has 0 N–H and O–H groups in total. The fourth-order valence-electron chi connectivity index (χ4n) is 5.07. The monoisotopic (exact) mass is 420 g/mol. The molecule has 1 spiro atoms. The number of amides is 1. The molecule has 5 rings (SSSR count). The first-order chi connectivity index (χ1) is 15.0. The van der Waals surface area contributed by atoms with Crippen LogP contribution in [-0.4, -0.2) is 40.0 Å². The van der Waals surface area contributed by atoms with Gasteiger partial charge in [-0.1, -0.05) is 49.4 Å². The number of nitrogens with zero attached hydrogens (tertiary/aromatic N) is 2. The molecule has 0 radical (unpaired) electrons. The van der Waals surface area contributed by atoms with E-state index in [1.807, 2.05) is 35.2 Å². The molecule has 1 aromatic heterocycles. The Hall–Kier alpha value is -3.35. The third-order valence-corrected chi connectivity index (χ3v) is 6.79. The van der Waals surface area contributed by atoms with Gasteiger partial charge in [0.1, 0.15) is 12.2 Å². The number of hydrogen-bond donors (Lipinski definition) is 0. The number of aromatic nitrogens is 1. The smallest absolute Gasteiger partial charge is 0.343 e. The molecule has 31 heavy (non-hydrogen) atoms. The third kappa shape index (κ3) is 2.83. The molecule has 7 heteroatoms. The van der Waals surface area contributed by atoms with Gasteiger partial charge in [0.2, 0.25) is 5.43 Å². The van der Waals surface area contributed by atoms with E-state index in [4.69, 9.17) is 9.47 Å². The number of esters is 1. The van der Waals surface area contributed by atoms with Crippen LogP contribution in [0.4, 0.5) is 0 Å². The lowest BCUT2D eigenvalue weighted by atomic mass is 9.86. The first kappa shape index (κ1) is 19.6. The van der Waals surface area contributed by atoms with Crippen LogP contribution in [0.15, 0.2) is 53.5 Å². The molecule has 1 saturated heterocycles. The van der Waals surface area contributed by atoms with Crippen molar-refractivity contribution >= 4 is 11.9 Å². The molecule has 1 fully saturated rings. The lowest BCUT2D eigenvalue weighted by Crippen LogP contribution is -2.56. The maximum absolute atomic E-state index is 13.6. The average molecular weight is 420 g/mol. The van der Waals surface area contributed by atoms with Crippen LogP contribution in [0.5, 0.6) is 5.75 Å². The van der Waals surface area contributed by atoms with Crippen molar-refractivity contribution < 1.29 is 19.1 Å². The molecule has 3 aliphatic rings. The van der Waals surface area contributed by atoms with E-state index < -0.39 is 16.9 Å². The zero-order valence-electron chi connectivity index (χ0n) is 17.5. The zero-order valence-corrected chi connectivity index (χ0v) is 17.5. The summed E-state index contributed by atoms with van der Waals surface area (Å²) in [6.45, 7) is 5.19. The predicted octanol–water partition coefficient (Wildman–Crippen LogP) is 2.63. The molecular formula is C24H24N2O5. The largest absolute Gasteiger partial charge is 0.483 e. The van der Waals surface area contributed by atoms with Crippen molar-refractivity contribution in [2.24, 2.45) is 11.8 Å². The van der Waals surface area contributed by atoms with Crippen LogP contribution < -0.4 is 10.2 Å². The number of ether oxygens (including phenoxy) is 2. The molecular weight excluding hydrogens is 396 g/mol. The van der Waals surface area contributed by atoms with Crippen molar-refractivity contribution in [3.8, 4) is 5.75 Å². The van der Waals surface area contributed by atoms with E-state index in [9.17, 15) is 14.4 Å². The van der Waals surface area contributed by atoms with Crippen molar-refractivity contribution in [1.82, 2.24) is 9.47 Å². The van der Waals surface area contributed by atoms with Gasteiger partial charge in [0, 0.05) is 12.7 Å². The average Bonchev–Trinajstić information content (AvgIpc) is 3.22. The highest BCUT2D eigenvalue weighted by Gasteiger charge is 2.58. The van der Waals surface area contributed by atoms with Crippen molar-refractivity contribution in [2.75, 3.05) is 13.2 Å². The highest BCUT2D eigenvalue weighted by atomic mass is 16.5. The summed E-state index contributed by atoms with van der Waals surface area (Å²) in [6.07, 6.45) is 5.72. The Labute approximate surface area is 179 Å². The maximum Gasteiger partial charge on any atom is 0.343 e. The quantitative estimate of drug-likeness (QED) is 0.549. The van der Waals surface area contributed by atoms with Crippen LogP contribution >= 0.6 is 0 Å². The minimum atomic E-state index is -0.709. The van der Waals surface area contributed by atoms with Gasteiger partial charge in [-0.25, -0.2) is 4.79 Å². The Morgan fingerprint density at radius 2 is 2.00 bits per heavy atom. The molecule has 0 saturated carbocycles. The lowest BCUT2D eigenvalue weighted by molar-refractivity contribution is 0.0478. The van der Waals surface area contributed by atoms with Gasteiger partial charge in [-0.15, -0.1) is 0 Å². The standard InChI is InChI=1S/C24H24N2O5/c1-3-30-23(29)18-12-25-14-24-10-9-17(15(24)2)11-26(24)22(28)19(25)21(20(18)27)31-13-16-7-5-4-6-8-16/h4-10,12,15,17H,3,11,13-14H2,1-2H3/t15-,17?,24-/m1/s1. The molecule has 1 unspecified atom stereocenters. The highest BCUT2D eigenvalue weighted by Crippen LogP contribution is 2.50. The number of carbonyl (C=O) groups is 2. The summed E-state index contributed by atoms with van der Waals surface area (Å²) < 4.78 is 12.7. The second kappa shape index (κ2) is 7.11. The van der Waals surface area contributed by atoms with E-state index in [1.165, 1.54) is 6.20 Å². The van der Waals surface area contributed by atoms with Crippen molar-refractivity contribution in [3.63, 3.8) is 0 Å². The van der Waals surface area contributed by atoms with E-state index in [2.05, 4.69) is 19.1 Å². The number of benzene rings is 1. The summed E-state index contributed by atoms with van der Waals surface area (Å²) in [5, 5.41) is 0. The third-order valence-electron chi connectivity index (χ3n) is 6.79. The van der Waals surface area contributed by atoms with E-state index >= 15 is 0 Å². The topological polar surface area (TPSA) is 77.8 Å². The molecule has 1 amide bonds. The number of hydrogen-bond acceptors (Lipinski definition) is 5. The van der Waals surface area contributed by atoms with Crippen LogP contribution in [-0.2, 0) is 17.9 Å². The summed E-state index contributed by atoms with van der Waals surface area (Å²) in [6, 6.07) is 9.39. The fraction of sp³-hybridized carbons (Fsp3) is 0.375. The van der Waals surface area contributed by atoms with Crippen LogP contribution in [0.3, 0.4) is 0 Å². The van der Waals surface area contributed by atoms with Gasteiger partial charge in [-0.2, -0.15) is 0 Å². The molecule has 1 aliphatic carbocycles. The van der Waals surface area contributed by atoms with Crippen LogP contribution in [0.1, 0.15) is 40.3 Å². The van der Waals surface area contributed by atoms with E-state index in [0.29, 0.717) is 19.0 Å². The molecule has 1 aromatic carbocycles. The SMILES string of the molecule is CCOC(=O)c1cn2c(c(OCc3ccccc3)c1=O)C(=O)N1CC3C=C[C@@]1(C2)[C@@H]3C. The van der Waals surface area contributed by atoms with Gasteiger partial charge >= 0.3 is 5.97 Å². The van der Waals surface area contributed by atoms with Crippen molar-refractivity contribution in [1.29, 1.82) is 0 Å². The minimum Gasteiger partial charge on any atom is -0.483 e. The van der Waals surface area contributed by atoms with Gasteiger partial charge in [0.25, 0.3) is 5.91 Å². The number of carbonyl (C=O) groups excluding carboxylic acids is 2. The van der Waals surface area contributed by atoms with Gasteiger partial charge in [-0.05, 0) is 24.3 Å². The maximum atomic E-state index is 13.6.